The Morgan fingerprint density at radius 3 is 2.59 bits per heavy atom. The first-order valence-corrected chi connectivity index (χ1v) is 12.0. The number of nitrogens with one attached hydrogen (secondary N) is 2. The predicted molar refractivity (Wildman–Crippen MR) is 143 cm³/mol. The van der Waals surface area contributed by atoms with Crippen molar-refractivity contribution in [2.45, 2.75) is 59.7 Å². The van der Waals surface area contributed by atoms with Gasteiger partial charge in [0, 0.05) is 45.2 Å². The third kappa shape index (κ3) is 8.80. The van der Waals surface area contributed by atoms with Crippen LogP contribution >= 0.6 is 24.0 Å². The number of benzene rings is 1. The van der Waals surface area contributed by atoms with Crippen molar-refractivity contribution < 1.29 is 9.47 Å². The van der Waals surface area contributed by atoms with Gasteiger partial charge in [-0.3, -0.25) is 4.90 Å². The van der Waals surface area contributed by atoms with Crippen LogP contribution in [0.5, 0.6) is 0 Å². The third-order valence-electron chi connectivity index (χ3n) is 6.10. The van der Waals surface area contributed by atoms with Gasteiger partial charge in [0.25, 0.3) is 0 Å². The molecule has 0 bridgehead atoms. The van der Waals surface area contributed by atoms with Crippen LogP contribution in [0.4, 0.5) is 0 Å². The number of hydrogen-bond acceptors (Lipinski definition) is 4. The number of halogens is 1. The minimum atomic E-state index is 0. The van der Waals surface area contributed by atoms with Crippen molar-refractivity contribution in [1.29, 1.82) is 0 Å². The van der Waals surface area contributed by atoms with Gasteiger partial charge in [-0.1, -0.05) is 45.0 Å². The Morgan fingerprint density at radius 2 is 1.88 bits per heavy atom. The van der Waals surface area contributed by atoms with E-state index in [1.165, 1.54) is 17.5 Å². The van der Waals surface area contributed by atoms with Gasteiger partial charge in [-0.2, -0.15) is 0 Å². The Hall–Kier alpha value is -0.900. The second-order valence-corrected chi connectivity index (χ2v) is 9.84. The van der Waals surface area contributed by atoms with E-state index in [9.17, 15) is 0 Å². The van der Waals surface area contributed by atoms with Gasteiger partial charge in [0.05, 0.1) is 25.9 Å². The van der Waals surface area contributed by atoms with Gasteiger partial charge in [-0.05, 0) is 36.3 Å². The molecule has 2 fully saturated rings. The smallest absolute Gasteiger partial charge is 0.191 e. The molecular weight excluding hydrogens is 515 g/mol. The fourth-order valence-corrected chi connectivity index (χ4v) is 4.59. The van der Waals surface area contributed by atoms with Gasteiger partial charge < -0.3 is 20.1 Å². The van der Waals surface area contributed by atoms with E-state index < -0.39 is 0 Å². The molecule has 1 aromatic carbocycles. The summed E-state index contributed by atoms with van der Waals surface area (Å²) in [5.74, 6) is 1.40. The molecule has 0 amide bonds. The molecule has 3 rings (SSSR count). The second-order valence-electron chi connectivity index (χ2n) is 9.84. The summed E-state index contributed by atoms with van der Waals surface area (Å²) in [6.45, 7) is 16.9. The zero-order valence-corrected chi connectivity index (χ0v) is 22.7. The van der Waals surface area contributed by atoms with E-state index >= 15 is 0 Å². The average molecular weight is 559 g/mol. The third-order valence-corrected chi connectivity index (χ3v) is 6.10. The number of aliphatic imine (C=N–C) groups is 1. The largest absolute Gasteiger partial charge is 0.379 e. The average Bonchev–Trinajstić information content (AvgIpc) is 2.76. The van der Waals surface area contributed by atoms with Gasteiger partial charge in [0.2, 0.25) is 0 Å². The van der Waals surface area contributed by atoms with E-state index in [0.717, 1.165) is 64.9 Å². The zero-order chi connectivity index (χ0) is 22.1. The fraction of sp³-hybridized carbons (Fsp3) is 0.720. The molecule has 7 heteroatoms. The highest BCUT2D eigenvalue weighted by molar-refractivity contribution is 14.0. The van der Waals surface area contributed by atoms with Crippen LogP contribution in [0.3, 0.4) is 0 Å². The predicted octanol–water partition coefficient (Wildman–Crippen LogP) is 4.03. The molecule has 2 N–H and O–H groups in total. The van der Waals surface area contributed by atoms with Gasteiger partial charge in [0.1, 0.15) is 0 Å². The topological polar surface area (TPSA) is 58.1 Å². The van der Waals surface area contributed by atoms with Crippen molar-refractivity contribution in [2.24, 2.45) is 16.3 Å². The Bertz CT molecular complexity index is 701. The molecule has 182 valence electrons. The molecule has 32 heavy (non-hydrogen) atoms. The van der Waals surface area contributed by atoms with Crippen molar-refractivity contribution in [3.8, 4) is 0 Å². The SMILES string of the molecule is CCNC(=NCc1cccc(CN2CCOCC2)c1)NCC1CCCOC1C(C)(C)C.I. The Balaban J connectivity index is 0.00000363. The summed E-state index contributed by atoms with van der Waals surface area (Å²) in [6.07, 6.45) is 2.63. The highest BCUT2D eigenvalue weighted by Crippen LogP contribution is 2.33. The van der Waals surface area contributed by atoms with Gasteiger partial charge in [0.15, 0.2) is 5.96 Å². The van der Waals surface area contributed by atoms with Crippen LogP contribution in [0.25, 0.3) is 0 Å². The molecule has 0 aromatic heterocycles. The van der Waals surface area contributed by atoms with E-state index in [1.54, 1.807) is 0 Å². The quantitative estimate of drug-likeness (QED) is 0.301. The molecular formula is C25H43IN4O2. The fourth-order valence-electron chi connectivity index (χ4n) is 4.59. The molecule has 2 saturated heterocycles. The van der Waals surface area contributed by atoms with Crippen LogP contribution < -0.4 is 10.6 Å². The molecule has 0 aliphatic carbocycles. The Morgan fingerprint density at radius 1 is 1.12 bits per heavy atom. The lowest BCUT2D eigenvalue weighted by Crippen LogP contribution is -2.47. The first-order valence-electron chi connectivity index (χ1n) is 12.0. The maximum Gasteiger partial charge on any atom is 0.191 e. The number of morpholine rings is 1. The van der Waals surface area contributed by atoms with Crippen molar-refractivity contribution in [3.05, 3.63) is 35.4 Å². The molecule has 2 aliphatic rings. The first-order chi connectivity index (χ1) is 15.0. The van der Waals surface area contributed by atoms with Crippen molar-refractivity contribution in [1.82, 2.24) is 15.5 Å². The summed E-state index contributed by atoms with van der Waals surface area (Å²) in [5.41, 5.74) is 2.75. The minimum Gasteiger partial charge on any atom is -0.379 e. The lowest BCUT2D eigenvalue weighted by Gasteiger charge is -2.40. The first kappa shape index (κ1) is 27.3. The van der Waals surface area contributed by atoms with Crippen LogP contribution in [-0.4, -0.2) is 63.0 Å². The molecule has 2 unspecified atom stereocenters. The molecule has 0 spiro atoms. The number of guanidine groups is 1. The van der Waals surface area contributed by atoms with Crippen LogP contribution in [0.2, 0.25) is 0 Å². The van der Waals surface area contributed by atoms with Crippen LogP contribution in [-0.2, 0) is 22.6 Å². The lowest BCUT2D eigenvalue weighted by molar-refractivity contribution is -0.0835. The monoisotopic (exact) mass is 558 g/mol. The van der Waals surface area contributed by atoms with E-state index in [-0.39, 0.29) is 35.5 Å². The number of hydrogen-bond donors (Lipinski definition) is 2. The highest BCUT2D eigenvalue weighted by atomic mass is 127. The minimum absolute atomic E-state index is 0. The van der Waals surface area contributed by atoms with Crippen molar-refractivity contribution in [3.63, 3.8) is 0 Å². The summed E-state index contributed by atoms with van der Waals surface area (Å²) in [4.78, 5) is 7.32. The second kappa shape index (κ2) is 13.7. The molecule has 0 radical (unpaired) electrons. The van der Waals surface area contributed by atoms with Gasteiger partial charge in [-0.15, -0.1) is 24.0 Å². The van der Waals surface area contributed by atoms with Crippen molar-refractivity contribution in [2.75, 3.05) is 46.0 Å². The number of rotatable bonds is 7. The Kier molecular flexibility index (Phi) is 11.7. The summed E-state index contributed by atoms with van der Waals surface area (Å²) in [6, 6.07) is 8.81. The molecule has 2 aliphatic heterocycles. The summed E-state index contributed by atoms with van der Waals surface area (Å²) >= 11 is 0. The molecule has 1 aromatic rings. The van der Waals surface area contributed by atoms with Crippen LogP contribution in [0.1, 0.15) is 51.7 Å². The molecule has 2 heterocycles. The molecule has 2 atom stereocenters. The maximum atomic E-state index is 6.14. The zero-order valence-electron chi connectivity index (χ0n) is 20.4. The van der Waals surface area contributed by atoms with Gasteiger partial charge in [-0.25, -0.2) is 4.99 Å². The standard InChI is InChI=1S/C25H42N4O2.HI/c1-5-26-24(28-18-22-10-7-13-31-23(22)25(2,3)4)27-17-20-8-6-9-21(16-20)19-29-11-14-30-15-12-29;/h6,8-9,16,22-23H,5,7,10-15,17-19H2,1-4H3,(H2,26,27,28);1H. The summed E-state index contributed by atoms with van der Waals surface area (Å²) in [5, 5.41) is 6.98. The normalized spacial score (nSPS) is 22.8. The lowest BCUT2D eigenvalue weighted by atomic mass is 9.78. The van der Waals surface area contributed by atoms with E-state index in [0.29, 0.717) is 12.5 Å². The number of ether oxygens (including phenoxy) is 2. The summed E-state index contributed by atoms with van der Waals surface area (Å²) in [7, 11) is 0. The van der Waals surface area contributed by atoms with E-state index in [4.69, 9.17) is 14.5 Å². The summed E-state index contributed by atoms with van der Waals surface area (Å²) < 4.78 is 11.6. The molecule has 6 nitrogen and oxygen atoms in total. The van der Waals surface area contributed by atoms with Crippen LogP contribution in [0.15, 0.2) is 29.3 Å². The highest BCUT2D eigenvalue weighted by Gasteiger charge is 2.35. The Labute approximate surface area is 211 Å². The van der Waals surface area contributed by atoms with E-state index in [2.05, 4.69) is 67.5 Å². The maximum absolute atomic E-state index is 6.14. The van der Waals surface area contributed by atoms with Gasteiger partial charge >= 0.3 is 0 Å². The number of nitrogens with zero attached hydrogens (tertiary/aromatic N) is 2. The van der Waals surface area contributed by atoms with Crippen LogP contribution in [0, 0.1) is 11.3 Å². The van der Waals surface area contributed by atoms with E-state index in [1.807, 2.05) is 0 Å². The van der Waals surface area contributed by atoms with Crippen molar-refractivity contribution >= 4 is 29.9 Å². The molecule has 0 saturated carbocycles.